The Hall–Kier alpha value is -0.910. The van der Waals surface area contributed by atoms with Gasteiger partial charge in [0, 0.05) is 49.0 Å². The van der Waals surface area contributed by atoms with Gasteiger partial charge in [0.15, 0.2) is 0 Å². The minimum absolute atomic E-state index is 0.994. The van der Waals surface area contributed by atoms with E-state index in [1.165, 1.54) is 11.1 Å². The van der Waals surface area contributed by atoms with Crippen LogP contribution in [0, 0.1) is 0 Å². The molecule has 5 heteroatoms. The summed E-state index contributed by atoms with van der Waals surface area (Å²) in [6, 6.07) is 4.15. The molecular formula is C13H17BrN4. The van der Waals surface area contributed by atoms with Crippen molar-refractivity contribution in [3.63, 3.8) is 0 Å². The van der Waals surface area contributed by atoms with Gasteiger partial charge in [-0.1, -0.05) is 15.9 Å². The fourth-order valence-electron chi connectivity index (χ4n) is 2.37. The predicted octanol–water partition coefficient (Wildman–Crippen LogP) is 1.84. The SMILES string of the molecule is CN1CCN(Cc2cnn3ccc(Br)cc23)CC1. The lowest BCUT2D eigenvalue weighted by Gasteiger charge is -2.32. The molecule has 3 heterocycles. The quantitative estimate of drug-likeness (QED) is 0.846. The van der Waals surface area contributed by atoms with Crippen molar-refractivity contribution in [2.24, 2.45) is 0 Å². The number of aromatic nitrogens is 2. The highest BCUT2D eigenvalue weighted by Crippen LogP contribution is 2.18. The minimum Gasteiger partial charge on any atom is -0.304 e. The number of rotatable bonds is 2. The molecule has 2 aromatic heterocycles. The van der Waals surface area contributed by atoms with Gasteiger partial charge in [0.05, 0.1) is 11.7 Å². The molecule has 0 spiro atoms. The molecule has 4 nitrogen and oxygen atoms in total. The van der Waals surface area contributed by atoms with Crippen LogP contribution in [0.15, 0.2) is 29.0 Å². The van der Waals surface area contributed by atoms with Crippen molar-refractivity contribution < 1.29 is 0 Å². The Labute approximate surface area is 115 Å². The topological polar surface area (TPSA) is 23.8 Å². The van der Waals surface area contributed by atoms with Crippen LogP contribution in [0.25, 0.3) is 5.52 Å². The van der Waals surface area contributed by atoms with Crippen molar-refractivity contribution in [1.29, 1.82) is 0 Å². The zero-order valence-electron chi connectivity index (χ0n) is 10.5. The van der Waals surface area contributed by atoms with Crippen molar-refractivity contribution in [3.8, 4) is 0 Å². The van der Waals surface area contributed by atoms with Crippen LogP contribution >= 0.6 is 15.9 Å². The molecule has 0 aliphatic carbocycles. The molecule has 0 atom stereocenters. The summed E-state index contributed by atoms with van der Waals surface area (Å²) >= 11 is 3.52. The zero-order valence-corrected chi connectivity index (χ0v) is 12.1. The van der Waals surface area contributed by atoms with E-state index in [0.29, 0.717) is 0 Å². The van der Waals surface area contributed by atoms with Crippen LogP contribution in [0.4, 0.5) is 0 Å². The summed E-state index contributed by atoms with van der Waals surface area (Å²) in [5.41, 5.74) is 2.50. The first-order valence-electron chi connectivity index (χ1n) is 6.25. The smallest absolute Gasteiger partial charge is 0.0717 e. The second-order valence-corrected chi connectivity index (χ2v) is 5.84. The fraction of sp³-hybridized carbons (Fsp3) is 0.462. The lowest BCUT2D eigenvalue weighted by molar-refractivity contribution is 0.148. The lowest BCUT2D eigenvalue weighted by atomic mass is 10.2. The Morgan fingerprint density at radius 2 is 2.06 bits per heavy atom. The maximum absolute atomic E-state index is 4.40. The highest BCUT2D eigenvalue weighted by Gasteiger charge is 2.15. The number of fused-ring (bicyclic) bond motifs is 1. The largest absolute Gasteiger partial charge is 0.304 e. The van der Waals surface area contributed by atoms with Crippen molar-refractivity contribution in [1.82, 2.24) is 19.4 Å². The van der Waals surface area contributed by atoms with Crippen LogP contribution < -0.4 is 0 Å². The van der Waals surface area contributed by atoms with Crippen molar-refractivity contribution >= 4 is 21.4 Å². The van der Waals surface area contributed by atoms with Crippen LogP contribution in [-0.4, -0.2) is 52.6 Å². The highest BCUT2D eigenvalue weighted by molar-refractivity contribution is 9.10. The average Bonchev–Trinajstić information content (AvgIpc) is 2.75. The molecule has 0 unspecified atom stereocenters. The number of pyridine rings is 1. The third-order valence-electron chi connectivity index (χ3n) is 3.55. The standard InChI is InChI=1S/C13H17BrN4/c1-16-4-6-17(7-5-16)10-11-9-15-18-3-2-12(14)8-13(11)18/h2-3,8-9H,4-7,10H2,1H3. The Bertz CT molecular complexity index is 543. The van der Waals surface area contributed by atoms with E-state index < -0.39 is 0 Å². The first-order chi connectivity index (χ1) is 8.72. The second-order valence-electron chi connectivity index (χ2n) is 4.92. The second kappa shape index (κ2) is 4.99. The van der Waals surface area contributed by atoms with Gasteiger partial charge < -0.3 is 4.90 Å². The number of likely N-dealkylation sites (N-methyl/N-ethyl adjacent to an activating group) is 1. The Kier molecular flexibility index (Phi) is 3.37. The summed E-state index contributed by atoms with van der Waals surface area (Å²) in [4.78, 5) is 4.88. The number of halogens is 1. The molecule has 1 aliphatic heterocycles. The molecule has 3 rings (SSSR count). The molecule has 0 bridgehead atoms. The van der Waals surface area contributed by atoms with E-state index in [9.17, 15) is 0 Å². The number of nitrogens with zero attached hydrogens (tertiary/aromatic N) is 4. The van der Waals surface area contributed by atoms with Gasteiger partial charge in [-0.25, -0.2) is 4.52 Å². The summed E-state index contributed by atoms with van der Waals surface area (Å²) in [6.45, 7) is 5.59. The van der Waals surface area contributed by atoms with E-state index >= 15 is 0 Å². The molecule has 1 aliphatic rings. The van der Waals surface area contributed by atoms with Crippen LogP contribution in [-0.2, 0) is 6.54 Å². The van der Waals surface area contributed by atoms with E-state index in [0.717, 1.165) is 37.2 Å². The van der Waals surface area contributed by atoms with Crippen molar-refractivity contribution in [3.05, 3.63) is 34.6 Å². The van der Waals surface area contributed by atoms with Crippen molar-refractivity contribution in [2.75, 3.05) is 33.2 Å². The van der Waals surface area contributed by atoms with Crippen molar-refractivity contribution in [2.45, 2.75) is 6.54 Å². The summed E-state index contributed by atoms with van der Waals surface area (Å²) in [6.07, 6.45) is 3.98. The Morgan fingerprint density at radius 1 is 1.28 bits per heavy atom. The Balaban J connectivity index is 1.80. The number of hydrogen-bond acceptors (Lipinski definition) is 3. The molecule has 0 aromatic carbocycles. The number of piperazine rings is 1. The van der Waals surface area contributed by atoms with E-state index in [4.69, 9.17) is 0 Å². The van der Waals surface area contributed by atoms with Gasteiger partial charge in [-0.15, -0.1) is 0 Å². The Morgan fingerprint density at radius 3 is 2.83 bits per heavy atom. The van der Waals surface area contributed by atoms with Gasteiger partial charge in [0.25, 0.3) is 0 Å². The molecule has 0 radical (unpaired) electrons. The van der Waals surface area contributed by atoms with Crippen LogP contribution in [0.5, 0.6) is 0 Å². The lowest BCUT2D eigenvalue weighted by Crippen LogP contribution is -2.43. The molecule has 0 N–H and O–H groups in total. The van der Waals surface area contributed by atoms with Gasteiger partial charge >= 0.3 is 0 Å². The molecule has 0 amide bonds. The molecule has 2 aromatic rings. The highest BCUT2D eigenvalue weighted by atomic mass is 79.9. The maximum Gasteiger partial charge on any atom is 0.0717 e. The summed E-state index contributed by atoms with van der Waals surface area (Å²) in [5.74, 6) is 0. The normalized spacial score (nSPS) is 18.6. The molecule has 96 valence electrons. The van der Waals surface area contributed by atoms with Gasteiger partial charge in [-0.3, -0.25) is 4.90 Å². The molecule has 0 saturated carbocycles. The van der Waals surface area contributed by atoms with E-state index in [-0.39, 0.29) is 0 Å². The zero-order chi connectivity index (χ0) is 12.5. The van der Waals surface area contributed by atoms with Gasteiger partial charge in [-0.2, -0.15) is 5.10 Å². The summed E-state index contributed by atoms with van der Waals surface area (Å²) < 4.78 is 3.05. The monoisotopic (exact) mass is 308 g/mol. The van der Waals surface area contributed by atoms with Gasteiger partial charge in [0.2, 0.25) is 0 Å². The van der Waals surface area contributed by atoms with E-state index in [2.05, 4.69) is 43.9 Å². The third kappa shape index (κ3) is 2.43. The summed E-state index contributed by atoms with van der Waals surface area (Å²) in [7, 11) is 2.18. The molecule has 18 heavy (non-hydrogen) atoms. The maximum atomic E-state index is 4.40. The fourth-order valence-corrected chi connectivity index (χ4v) is 2.71. The van der Waals surface area contributed by atoms with Gasteiger partial charge in [-0.05, 0) is 19.2 Å². The number of hydrogen-bond donors (Lipinski definition) is 0. The van der Waals surface area contributed by atoms with E-state index in [1.807, 2.05) is 23.0 Å². The van der Waals surface area contributed by atoms with E-state index in [1.54, 1.807) is 0 Å². The minimum atomic E-state index is 0.994. The molecular weight excluding hydrogens is 292 g/mol. The van der Waals surface area contributed by atoms with Crippen LogP contribution in [0.1, 0.15) is 5.56 Å². The van der Waals surface area contributed by atoms with Crippen LogP contribution in [0.3, 0.4) is 0 Å². The molecule has 1 saturated heterocycles. The average molecular weight is 309 g/mol. The predicted molar refractivity (Wildman–Crippen MR) is 75.7 cm³/mol. The van der Waals surface area contributed by atoms with Crippen LogP contribution in [0.2, 0.25) is 0 Å². The van der Waals surface area contributed by atoms with Gasteiger partial charge in [0.1, 0.15) is 0 Å². The summed E-state index contributed by atoms with van der Waals surface area (Å²) in [5, 5.41) is 4.40. The third-order valence-corrected chi connectivity index (χ3v) is 4.05. The first kappa shape index (κ1) is 12.1. The first-order valence-corrected chi connectivity index (χ1v) is 7.04. The molecule has 1 fully saturated rings.